The molecule has 0 fully saturated rings. The molecule has 0 aromatic heterocycles. The lowest BCUT2D eigenvalue weighted by Crippen LogP contribution is -2.11. The summed E-state index contributed by atoms with van der Waals surface area (Å²) >= 11 is 1.76. The van der Waals surface area contributed by atoms with E-state index in [0.29, 0.717) is 12.3 Å². The van der Waals surface area contributed by atoms with Crippen molar-refractivity contribution in [2.75, 3.05) is 12.0 Å². The van der Waals surface area contributed by atoms with Gasteiger partial charge >= 0.3 is 0 Å². The number of nitrogens with zero attached hydrogens (tertiary/aromatic N) is 1. The topological polar surface area (TPSA) is 58.6 Å². The molecule has 0 unspecified atom stereocenters. The SMILES string of the molecule is CSCCC/C(N)=N/O. The number of amidine groups is 1. The zero-order valence-corrected chi connectivity index (χ0v) is 6.32. The summed E-state index contributed by atoms with van der Waals surface area (Å²) in [7, 11) is 0. The minimum absolute atomic E-state index is 0.323. The van der Waals surface area contributed by atoms with Crippen LogP contribution in [0.5, 0.6) is 0 Å². The Bertz CT molecular complexity index is 95.0. The highest BCUT2D eigenvalue weighted by atomic mass is 32.2. The molecular formula is C5H12N2OS. The zero-order valence-electron chi connectivity index (χ0n) is 5.50. The number of hydrogen-bond donors (Lipinski definition) is 2. The van der Waals surface area contributed by atoms with E-state index in [1.54, 1.807) is 11.8 Å². The van der Waals surface area contributed by atoms with Gasteiger partial charge in [0.15, 0.2) is 0 Å². The lowest BCUT2D eigenvalue weighted by molar-refractivity contribution is 0.317. The molecule has 0 heterocycles. The maximum atomic E-state index is 8.09. The molecule has 0 saturated carbocycles. The van der Waals surface area contributed by atoms with Gasteiger partial charge in [-0.2, -0.15) is 11.8 Å². The highest BCUT2D eigenvalue weighted by Gasteiger charge is 1.90. The number of rotatable bonds is 4. The predicted molar refractivity (Wildman–Crippen MR) is 41.0 cm³/mol. The van der Waals surface area contributed by atoms with E-state index in [4.69, 9.17) is 10.9 Å². The highest BCUT2D eigenvalue weighted by Crippen LogP contribution is 1.98. The largest absolute Gasteiger partial charge is 0.409 e. The fraction of sp³-hybridized carbons (Fsp3) is 0.800. The minimum atomic E-state index is 0.323. The Balaban J connectivity index is 3.07. The molecule has 0 amide bonds. The van der Waals surface area contributed by atoms with Crippen LogP contribution in [0.3, 0.4) is 0 Å². The first-order valence-electron chi connectivity index (χ1n) is 2.76. The molecular weight excluding hydrogens is 136 g/mol. The van der Waals surface area contributed by atoms with Gasteiger partial charge in [-0.1, -0.05) is 5.16 Å². The fourth-order valence-corrected chi connectivity index (χ4v) is 0.881. The van der Waals surface area contributed by atoms with Crippen LogP contribution >= 0.6 is 11.8 Å². The highest BCUT2D eigenvalue weighted by molar-refractivity contribution is 7.98. The van der Waals surface area contributed by atoms with Gasteiger partial charge in [0.05, 0.1) is 0 Å². The van der Waals surface area contributed by atoms with Crippen molar-refractivity contribution in [2.24, 2.45) is 10.9 Å². The summed E-state index contributed by atoms with van der Waals surface area (Å²) in [5.41, 5.74) is 5.20. The van der Waals surface area contributed by atoms with E-state index in [0.717, 1.165) is 12.2 Å². The standard InChI is InChI=1S/C5H12N2OS/c1-9-4-2-3-5(6)7-8/h8H,2-4H2,1H3,(H2,6,7). The average Bonchev–Trinajstić information content (AvgIpc) is 1.89. The summed E-state index contributed by atoms with van der Waals surface area (Å²) in [5.74, 6) is 1.39. The van der Waals surface area contributed by atoms with Gasteiger partial charge in [-0.05, 0) is 18.4 Å². The molecule has 0 rings (SSSR count). The van der Waals surface area contributed by atoms with Crippen LogP contribution in [-0.4, -0.2) is 23.1 Å². The first-order valence-corrected chi connectivity index (χ1v) is 4.16. The zero-order chi connectivity index (χ0) is 7.11. The maximum Gasteiger partial charge on any atom is 0.139 e. The second-order valence-electron chi connectivity index (χ2n) is 1.69. The third-order valence-corrected chi connectivity index (χ3v) is 1.61. The summed E-state index contributed by atoms with van der Waals surface area (Å²) in [4.78, 5) is 0. The van der Waals surface area contributed by atoms with Crippen molar-refractivity contribution in [2.45, 2.75) is 12.8 Å². The van der Waals surface area contributed by atoms with Gasteiger partial charge in [0.25, 0.3) is 0 Å². The van der Waals surface area contributed by atoms with Gasteiger partial charge in [-0.3, -0.25) is 0 Å². The minimum Gasteiger partial charge on any atom is -0.409 e. The number of nitrogens with two attached hydrogens (primary N) is 1. The van der Waals surface area contributed by atoms with Crippen LogP contribution in [0.1, 0.15) is 12.8 Å². The van der Waals surface area contributed by atoms with Crippen molar-refractivity contribution in [3.63, 3.8) is 0 Å². The van der Waals surface area contributed by atoms with E-state index in [-0.39, 0.29) is 0 Å². The van der Waals surface area contributed by atoms with Gasteiger partial charge in [-0.25, -0.2) is 0 Å². The summed E-state index contributed by atoms with van der Waals surface area (Å²) in [6.45, 7) is 0. The molecule has 0 aromatic rings. The van der Waals surface area contributed by atoms with Crippen molar-refractivity contribution in [3.8, 4) is 0 Å². The van der Waals surface area contributed by atoms with E-state index in [2.05, 4.69) is 5.16 Å². The molecule has 3 N–H and O–H groups in total. The molecule has 0 radical (unpaired) electrons. The van der Waals surface area contributed by atoms with Crippen LogP contribution in [0.25, 0.3) is 0 Å². The van der Waals surface area contributed by atoms with Gasteiger partial charge in [0, 0.05) is 6.42 Å². The Labute approximate surface area is 59.3 Å². The van der Waals surface area contributed by atoms with Crippen molar-refractivity contribution in [1.29, 1.82) is 0 Å². The first-order chi connectivity index (χ1) is 4.31. The smallest absolute Gasteiger partial charge is 0.139 e. The molecule has 0 aromatic carbocycles. The number of hydrogen-bond acceptors (Lipinski definition) is 3. The van der Waals surface area contributed by atoms with Crippen LogP contribution in [0.4, 0.5) is 0 Å². The molecule has 3 nitrogen and oxygen atoms in total. The van der Waals surface area contributed by atoms with Crippen LogP contribution in [-0.2, 0) is 0 Å². The van der Waals surface area contributed by atoms with E-state index in [1.807, 2.05) is 6.26 Å². The Morgan fingerprint density at radius 3 is 2.89 bits per heavy atom. The third kappa shape index (κ3) is 5.49. The van der Waals surface area contributed by atoms with E-state index in [9.17, 15) is 0 Å². The van der Waals surface area contributed by atoms with Crippen LogP contribution in [0.15, 0.2) is 5.16 Å². The summed E-state index contributed by atoms with van der Waals surface area (Å²) in [6, 6.07) is 0. The Kier molecular flexibility index (Phi) is 5.51. The van der Waals surface area contributed by atoms with Crippen molar-refractivity contribution >= 4 is 17.6 Å². The second-order valence-corrected chi connectivity index (χ2v) is 2.67. The normalized spacial score (nSPS) is 11.9. The Morgan fingerprint density at radius 1 is 1.78 bits per heavy atom. The molecule has 0 saturated heterocycles. The van der Waals surface area contributed by atoms with Gasteiger partial charge in [-0.15, -0.1) is 0 Å². The van der Waals surface area contributed by atoms with Gasteiger partial charge in [0.1, 0.15) is 5.84 Å². The van der Waals surface area contributed by atoms with Gasteiger partial charge in [0.2, 0.25) is 0 Å². The van der Waals surface area contributed by atoms with E-state index in [1.165, 1.54) is 0 Å². The van der Waals surface area contributed by atoms with E-state index >= 15 is 0 Å². The average molecular weight is 148 g/mol. The molecule has 0 aliphatic carbocycles. The Morgan fingerprint density at radius 2 is 2.44 bits per heavy atom. The van der Waals surface area contributed by atoms with Crippen molar-refractivity contribution in [1.82, 2.24) is 0 Å². The number of thioether (sulfide) groups is 1. The third-order valence-electron chi connectivity index (χ3n) is 0.910. The quantitative estimate of drug-likeness (QED) is 0.204. The molecule has 4 heteroatoms. The van der Waals surface area contributed by atoms with Crippen LogP contribution < -0.4 is 5.73 Å². The maximum absolute atomic E-state index is 8.09. The van der Waals surface area contributed by atoms with Crippen molar-refractivity contribution < 1.29 is 5.21 Å². The van der Waals surface area contributed by atoms with Crippen molar-refractivity contribution in [3.05, 3.63) is 0 Å². The molecule has 54 valence electrons. The Hall–Kier alpha value is -0.380. The fourth-order valence-electron chi connectivity index (χ4n) is 0.448. The summed E-state index contributed by atoms with van der Waals surface area (Å²) in [6.07, 6.45) is 3.71. The van der Waals surface area contributed by atoms with E-state index < -0.39 is 0 Å². The molecule has 0 aliphatic rings. The second kappa shape index (κ2) is 5.75. The first kappa shape index (κ1) is 8.62. The predicted octanol–water partition coefficient (Wildman–Crippen LogP) is 0.876. The molecule has 0 spiro atoms. The summed E-state index contributed by atoms with van der Waals surface area (Å²) in [5, 5.41) is 10.9. The lowest BCUT2D eigenvalue weighted by Gasteiger charge is -1.94. The summed E-state index contributed by atoms with van der Waals surface area (Å²) < 4.78 is 0. The molecule has 0 atom stereocenters. The molecule has 0 bridgehead atoms. The monoisotopic (exact) mass is 148 g/mol. The van der Waals surface area contributed by atoms with Crippen LogP contribution in [0.2, 0.25) is 0 Å². The lowest BCUT2D eigenvalue weighted by atomic mass is 10.3. The number of oxime groups is 1. The van der Waals surface area contributed by atoms with Crippen LogP contribution in [0, 0.1) is 0 Å². The molecule has 0 aliphatic heterocycles. The molecule has 9 heavy (non-hydrogen) atoms. The van der Waals surface area contributed by atoms with Gasteiger partial charge < -0.3 is 10.9 Å².